The van der Waals surface area contributed by atoms with E-state index in [1.807, 2.05) is 84.9 Å². The van der Waals surface area contributed by atoms with E-state index in [1.165, 1.54) is 5.56 Å². The molecule has 276 valence electrons. The predicted molar refractivity (Wildman–Crippen MR) is 203 cm³/mol. The summed E-state index contributed by atoms with van der Waals surface area (Å²) in [4.78, 5) is 41.3. The molecule has 0 amide bonds. The van der Waals surface area contributed by atoms with E-state index in [1.54, 1.807) is 0 Å². The molecule has 2 fully saturated rings. The van der Waals surface area contributed by atoms with E-state index < -0.39 is 0 Å². The number of esters is 2. The molecule has 2 aliphatic heterocycles. The van der Waals surface area contributed by atoms with Gasteiger partial charge in [0.25, 0.3) is 0 Å². The summed E-state index contributed by atoms with van der Waals surface area (Å²) in [6, 6.07) is 40.5. The number of hydrogen-bond donors (Lipinski definition) is 3. The van der Waals surface area contributed by atoms with Crippen molar-refractivity contribution in [2.45, 2.75) is 70.4 Å². The number of carbonyl (C=O) groups excluding carboxylic acids is 2. The Morgan fingerprint density at radius 3 is 1.77 bits per heavy atom. The normalized spacial score (nSPS) is 20.1. The number of nitrogens with zero attached hydrogens (tertiary/aromatic N) is 2. The van der Waals surface area contributed by atoms with Crippen LogP contribution in [0.3, 0.4) is 0 Å². The molecule has 0 bridgehead atoms. The number of rotatable bonds is 12. The maximum Gasteiger partial charge on any atom is 0.340 e. The van der Waals surface area contributed by atoms with Crippen LogP contribution in [0.2, 0.25) is 0 Å². The molecule has 0 radical (unpaired) electrons. The summed E-state index contributed by atoms with van der Waals surface area (Å²) in [6.07, 6.45) is 4.94. The van der Waals surface area contributed by atoms with Crippen molar-refractivity contribution in [1.29, 1.82) is 0 Å². The first-order valence-corrected chi connectivity index (χ1v) is 18.6. The van der Waals surface area contributed by atoms with Crippen LogP contribution in [0.15, 0.2) is 126 Å². The summed E-state index contributed by atoms with van der Waals surface area (Å²) >= 11 is 0. The molecule has 7 rings (SSSR count). The second-order valence-electron chi connectivity index (χ2n) is 13.8. The van der Waals surface area contributed by atoms with Crippen LogP contribution in [0.4, 0.5) is 0 Å². The highest BCUT2D eigenvalue weighted by Crippen LogP contribution is 2.39. The van der Waals surface area contributed by atoms with Gasteiger partial charge in [-0.05, 0) is 72.9 Å². The van der Waals surface area contributed by atoms with Crippen molar-refractivity contribution >= 4 is 11.9 Å². The van der Waals surface area contributed by atoms with Gasteiger partial charge < -0.3 is 14.8 Å². The summed E-state index contributed by atoms with van der Waals surface area (Å²) in [5.41, 5.74) is 4.13. The largest absolute Gasteiger partial charge is 0.461 e. The van der Waals surface area contributed by atoms with Crippen LogP contribution in [0.25, 0.3) is 0 Å². The third kappa shape index (κ3) is 11.3. The fourth-order valence-corrected chi connectivity index (χ4v) is 7.50. The van der Waals surface area contributed by atoms with Gasteiger partial charge in [-0.1, -0.05) is 121 Å². The fraction of sp³-hybridized carbons (Fsp3) is 0.349. The van der Waals surface area contributed by atoms with Gasteiger partial charge in [-0.25, -0.2) is 9.89 Å². The number of benzene rings is 4. The summed E-state index contributed by atoms with van der Waals surface area (Å²) in [6.45, 7) is 3.06. The maximum atomic E-state index is 12.6. The molecule has 2 saturated heterocycles. The number of piperidine rings is 2. The van der Waals surface area contributed by atoms with Crippen LogP contribution >= 0.6 is 0 Å². The van der Waals surface area contributed by atoms with E-state index in [0.717, 1.165) is 55.5 Å². The van der Waals surface area contributed by atoms with Gasteiger partial charge in [0, 0.05) is 12.1 Å². The second kappa shape index (κ2) is 19.5. The smallest absolute Gasteiger partial charge is 0.340 e. The highest BCUT2D eigenvalue weighted by molar-refractivity contribution is 5.70. The minimum atomic E-state index is -0.306. The number of nitrogens with one attached hydrogen (secondary N) is 3. The van der Waals surface area contributed by atoms with Crippen LogP contribution in [0, 0.1) is 11.8 Å². The molecule has 0 spiro atoms. The third-order valence-corrected chi connectivity index (χ3v) is 9.99. The Morgan fingerprint density at radius 2 is 1.21 bits per heavy atom. The highest BCUT2D eigenvalue weighted by Gasteiger charge is 2.35. The Balaban J connectivity index is 0.000000188. The number of carbonyl (C=O) groups is 2. The quantitative estimate of drug-likeness (QED) is 0.117. The standard InChI is InChI=1S/C23H26N4O3.C20H23NO2/c28-21(30-16-17-8-3-1-4-9-17)14-19-12-7-13-27(15-20-24-23(29)26-25-20)22(19)18-10-5-2-6-11-18;22-19(23-15-16-8-3-1-4-9-16)14-18-12-7-13-21-20(18)17-10-5-2-6-11-17/h1-6,8-11,19,22H,7,12-16H2,(H2,24,25,26,29);1-6,8-11,18,20-21H,7,12-15H2/t19-,22+;18-,20+/m11/s1. The minimum absolute atomic E-state index is 0.0597. The van der Waals surface area contributed by atoms with Crippen molar-refractivity contribution in [1.82, 2.24) is 25.4 Å². The first kappa shape index (κ1) is 37.4. The van der Waals surface area contributed by atoms with Crippen molar-refractivity contribution in [3.63, 3.8) is 0 Å². The van der Waals surface area contributed by atoms with E-state index >= 15 is 0 Å². The molecule has 2 aliphatic rings. The number of aromatic amines is 2. The molecule has 0 unspecified atom stereocenters. The van der Waals surface area contributed by atoms with Gasteiger partial charge in [-0.15, -0.1) is 0 Å². The molecule has 5 aromatic rings. The van der Waals surface area contributed by atoms with Gasteiger partial charge in [0.05, 0.1) is 19.4 Å². The van der Waals surface area contributed by atoms with Crippen LogP contribution in [-0.2, 0) is 38.8 Å². The van der Waals surface area contributed by atoms with Gasteiger partial charge >= 0.3 is 17.6 Å². The molecule has 10 heteroatoms. The molecule has 4 aromatic carbocycles. The molecule has 3 N–H and O–H groups in total. The Morgan fingerprint density at radius 1 is 0.679 bits per heavy atom. The molecular formula is C43H49N5O5. The van der Waals surface area contributed by atoms with Crippen LogP contribution in [-0.4, -0.2) is 45.1 Å². The zero-order valence-electron chi connectivity index (χ0n) is 30.1. The summed E-state index contributed by atoms with van der Waals surface area (Å²) in [5, 5.41) is 10.0. The molecular weight excluding hydrogens is 667 g/mol. The highest BCUT2D eigenvalue weighted by atomic mass is 16.5. The van der Waals surface area contributed by atoms with Gasteiger partial charge in [0.15, 0.2) is 0 Å². The van der Waals surface area contributed by atoms with E-state index in [2.05, 4.69) is 61.8 Å². The lowest BCUT2D eigenvalue weighted by Gasteiger charge is -2.41. The summed E-state index contributed by atoms with van der Waals surface area (Å²) < 4.78 is 11.0. The topological polar surface area (TPSA) is 129 Å². The first-order chi connectivity index (χ1) is 26.0. The zero-order chi connectivity index (χ0) is 36.7. The number of likely N-dealkylation sites (tertiary alicyclic amines) is 1. The molecule has 3 heterocycles. The number of aromatic nitrogens is 3. The van der Waals surface area contributed by atoms with Crippen LogP contribution in [0.5, 0.6) is 0 Å². The Kier molecular flexibility index (Phi) is 13.8. The number of H-pyrrole nitrogens is 2. The van der Waals surface area contributed by atoms with Crippen LogP contribution in [0.1, 0.15) is 78.7 Å². The van der Waals surface area contributed by atoms with E-state index in [0.29, 0.717) is 44.3 Å². The van der Waals surface area contributed by atoms with E-state index in [4.69, 9.17) is 9.47 Å². The SMILES string of the molecule is O=C(C[C@H]1CCCN(Cc2n[nH]c(=O)[nH]2)[C@H]1c1ccccc1)OCc1ccccc1.O=C(C[C@H]1CCCN[C@H]1c1ccccc1)OCc1ccccc1. The van der Waals surface area contributed by atoms with Gasteiger partial charge in [0.1, 0.15) is 19.0 Å². The van der Waals surface area contributed by atoms with Crippen LogP contribution < -0.4 is 11.0 Å². The van der Waals surface area contributed by atoms with Crippen molar-refractivity contribution in [2.75, 3.05) is 13.1 Å². The van der Waals surface area contributed by atoms with Gasteiger partial charge in [-0.3, -0.25) is 19.5 Å². The molecule has 0 aliphatic carbocycles. The van der Waals surface area contributed by atoms with Crippen molar-refractivity contribution in [2.24, 2.45) is 11.8 Å². The predicted octanol–water partition coefficient (Wildman–Crippen LogP) is 7.05. The maximum absolute atomic E-state index is 12.6. The molecule has 1 aromatic heterocycles. The van der Waals surface area contributed by atoms with E-state index in [-0.39, 0.29) is 35.6 Å². The molecule has 4 atom stereocenters. The molecule has 10 nitrogen and oxygen atoms in total. The van der Waals surface area contributed by atoms with Gasteiger partial charge in [-0.2, -0.15) is 5.10 Å². The summed E-state index contributed by atoms with van der Waals surface area (Å²) in [5.74, 6) is 0.751. The Labute approximate surface area is 310 Å². The Hall–Kier alpha value is -5.32. The lowest BCUT2D eigenvalue weighted by atomic mass is 9.82. The third-order valence-electron chi connectivity index (χ3n) is 9.99. The van der Waals surface area contributed by atoms with Crippen molar-refractivity contribution in [3.8, 4) is 0 Å². The lowest BCUT2D eigenvalue weighted by Crippen LogP contribution is -2.39. The van der Waals surface area contributed by atoms with Gasteiger partial charge in [0.2, 0.25) is 0 Å². The minimum Gasteiger partial charge on any atom is -0.461 e. The first-order valence-electron chi connectivity index (χ1n) is 18.6. The number of ether oxygens (including phenoxy) is 2. The Bertz CT molecular complexity index is 1880. The zero-order valence-corrected chi connectivity index (χ0v) is 30.1. The fourth-order valence-electron chi connectivity index (χ4n) is 7.50. The number of hydrogen-bond acceptors (Lipinski definition) is 8. The second-order valence-corrected chi connectivity index (χ2v) is 13.8. The summed E-state index contributed by atoms with van der Waals surface area (Å²) in [7, 11) is 0. The van der Waals surface area contributed by atoms with Crippen molar-refractivity contribution < 1.29 is 19.1 Å². The molecule has 53 heavy (non-hydrogen) atoms. The van der Waals surface area contributed by atoms with E-state index in [9.17, 15) is 14.4 Å². The lowest BCUT2D eigenvalue weighted by molar-refractivity contribution is -0.148. The monoisotopic (exact) mass is 715 g/mol. The average Bonchev–Trinajstić information content (AvgIpc) is 3.62. The average molecular weight is 716 g/mol. The molecule has 0 saturated carbocycles. The van der Waals surface area contributed by atoms with Crippen molar-refractivity contribution in [3.05, 3.63) is 160 Å².